The van der Waals surface area contributed by atoms with E-state index in [1.807, 2.05) is 12.1 Å². The number of quaternary nitrogens is 1. The van der Waals surface area contributed by atoms with Crippen molar-refractivity contribution in [3.05, 3.63) is 63.0 Å². The summed E-state index contributed by atoms with van der Waals surface area (Å²) in [5.74, 6) is 1.38. The van der Waals surface area contributed by atoms with Gasteiger partial charge in [0, 0.05) is 11.8 Å². The second-order valence-electron chi connectivity index (χ2n) is 6.06. The molecule has 0 bridgehead atoms. The molecule has 3 heterocycles. The first-order valence-corrected chi connectivity index (χ1v) is 10.1. The zero-order valence-electron chi connectivity index (χ0n) is 14.1. The smallest absolute Gasteiger partial charge is 0.279 e. The maximum Gasteiger partial charge on any atom is 0.279 e. The van der Waals surface area contributed by atoms with Crippen molar-refractivity contribution >= 4 is 34.3 Å². The van der Waals surface area contributed by atoms with Crippen LogP contribution in [-0.2, 0) is 17.9 Å². The lowest BCUT2D eigenvalue weighted by Gasteiger charge is -2.18. The van der Waals surface area contributed by atoms with E-state index in [2.05, 4.69) is 40.3 Å². The van der Waals surface area contributed by atoms with Crippen LogP contribution in [0.2, 0.25) is 0 Å². The lowest BCUT2D eigenvalue weighted by Crippen LogP contribution is -3.10. The predicted octanol–water partition coefficient (Wildman–Crippen LogP) is 2.76. The van der Waals surface area contributed by atoms with E-state index < -0.39 is 0 Å². The number of thiophene rings is 2. The molecule has 2 N–H and O–H groups in total. The van der Waals surface area contributed by atoms with Crippen molar-refractivity contribution in [3.63, 3.8) is 0 Å². The molecule has 1 amide bonds. The Bertz CT molecular complexity index is 827. The van der Waals surface area contributed by atoms with Gasteiger partial charge in [0.25, 0.3) is 5.91 Å². The van der Waals surface area contributed by atoms with Gasteiger partial charge in [-0.3, -0.25) is 4.79 Å². The Morgan fingerprint density at radius 3 is 2.35 bits per heavy atom. The number of ether oxygens (including phenoxy) is 2. The third-order valence-corrected chi connectivity index (χ3v) is 5.83. The molecule has 2 aromatic heterocycles. The molecular formula is C19H19N2O3S2+. The van der Waals surface area contributed by atoms with Gasteiger partial charge in [-0.2, -0.15) is 0 Å². The average Bonchev–Trinajstić information content (AvgIpc) is 3.36. The molecular weight excluding hydrogens is 368 g/mol. The van der Waals surface area contributed by atoms with E-state index in [0.717, 1.165) is 18.8 Å². The van der Waals surface area contributed by atoms with Gasteiger partial charge >= 0.3 is 0 Å². The van der Waals surface area contributed by atoms with Gasteiger partial charge in [0.1, 0.15) is 13.1 Å². The number of amides is 1. The number of rotatable bonds is 7. The molecule has 7 heteroatoms. The minimum Gasteiger partial charge on any atom is -0.454 e. The molecule has 5 nitrogen and oxygen atoms in total. The molecule has 0 saturated carbocycles. The second kappa shape index (κ2) is 7.90. The first kappa shape index (κ1) is 17.1. The Hall–Kier alpha value is -2.35. The van der Waals surface area contributed by atoms with Crippen molar-refractivity contribution in [2.24, 2.45) is 0 Å². The number of fused-ring (bicyclic) bond motifs is 1. The number of carbonyl (C=O) groups is 1. The first-order valence-electron chi connectivity index (χ1n) is 8.34. The third kappa shape index (κ3) is 4.24. The maximum absolute atomic E-state index is 12.6. The zero-order valence-corrected chi connectivity index (χ0v) is 15.7. The molecule has 3 aromatic rings. The number of hydrogen-bond acceptors (Lipinski definition) is 5. The van der Waals surface area contributed by atoms with Crippen molar-refractivity contribution in [2.45, 2.75) is 13.1 Å². The van der Waals surface area contributed by atoms with E-state index in [-0.39, 0.29) is 12.7 Å². The van der Waals surface area contributed by atoms with Crippen LogP contribution in [-0.4, -0.2) is 19.2 Å². The van der Waals surface area contributed by atoms with Gasteiger partial charge in [-0.25, -0.2) is 0 Å². The fourth-order valence-electron chi connectivity index (χ4n) is 2.91. The predicted molar refractivity (Wildman–Crippen MR) is 103 cm³/mol. The Morgan fingerprint density at radius 2 is 1.69 bits per heavy atom. The monoisotopic (exact) mass is 387 g/mol. The van der Waals surface area contributed by atoms with Gasteiger partial charge < -0.3 is 19.7 Å². The molecule has 134 valence electrons. The molecule has 0 radical (unpaired) electrons. The van der Waals surface area contributed by atoms with Crippen molar-refractivity contribution in [1.29, 1.82) is 0 Å². The summed E-state index contributed by atoms with van der Waals surface area (Å²) in [5, 5.41) is 7.12. The molecule has 0 aliphatic carbocycles. The molecule has 4 rings (SSSR count). The summed E-state index contributed by atoms with van der Waals surface area (Å²) in [7, 11) is 0. The van der Waals surface area contributed by atoms with Crippen molar-refractivity contribution < 1.29 is 19.2 Å². The summed E-state index contributed by atoms with van der Waals surface area (Å²) in [4.78, 5) is 16.4. The third-order valence-electron chi connectivity index (χ3n) is 4.08. The van der Waals surface area contributed by atoms with Crippen molar-refractivity contribution in [3.8, 4) is 11.5 Å². The molecule has 0 atom stereocenters. The van der Waals surface area contributed by atoms with Gasteiger partial charge in [0.15, 0.2) is 18.0 Å². The number of anilines is 1. The van der Waals surface area contributed by atoms with Gasteiger partial charge in [-0.1, -0.05) is 12.1 Å². The van der Waals surface area contributed by atoms with Crippen molar-refractivity contribution in [2.75, 3.05) is 18.7 Å². The van der Waals surface area contributed by atoms with Crippen LogP contribution in [0.4, 0.5) is 5.69 Å². The van der Waals surface area contributed by atoms with E-state index in [0.29, 0.717) is 18.0 Å². The van der Waals surface area contributed by atoms with Crippen LogP contribution < -0.4 is 19.7 Å². The highest BCUT2D eigenvalue weighted by atomic mass is 32.1. The average molecular weight is 388 g/mol. The highest BCUT2D eigenvalue weighted by Gasteiger charge is 2.18. The van der Waals surface area contributed by atoms with Gasteiger partial charge in [-0.05, 0) is 35.0 Å². The summed E-state index contributed by atoms with van der Waals surface area (Å²) in [6.45, 7) is 2.31. The fraction of sp³-hybridized carbons (Fsp3) is 0.211. The molecule has 0 fully saturated rings. The quantitative estimate of drug-likeness (QED) is 0.656. The topological polar surface area (TPSA) is 52.0 Å². The van der Waals surface area contributed by atoms with Crippen LogP contribution in [0.25, 0.3) is 0 Å². The Balaban J connectivity index is 1.41. The fourth-order valence-corrected chi connectivity index (χ4v) is 4.47. The summed E-state index contributed by atoms with van der Waals surface area (Å²) >= 11 is 3.46. The standard InChI is InChI=1S/C19H18N2O3S2/c22-19(20-14-5-6-17-18(9-14)24-13-23-17)12-21(10-15-3-1-7-25-15)11-16-4-2-8-26-16/h1-9H,10-13H2,(H,20,22)/p+1. The lowest BCUT2D eigenvalue weighted by atomic mass is 10.2. The molecule has 0 spiro atoms. The van der Waals surface area contributed by atoms with Crippen molar-refractivity contribution in [1.82, 2.24) is 0 Å². The van der Waals surface area contributed by atoms with Crippen LogP contribution in [0.1, 0.15) is 9.75 Å². The summed E-state index contributed by atoms with van der Waals surface area (Å²) in [6.07, 6.45) is 0. The Morgan fingerprint density at radius 1 is 1.00 bits per heavy atom. The minimum atomic E-state index is -0.00743. The van der Waals surface area contributed by atoms with Crippen LogP contribution in [0.3, 0.4) is 0 Å². The number of benzene rings is 1. The van der Waals surface area contributed by atoms with Gasteiger partial charge in [0.2, 0.25) is 6.79 Å². The van der Waals surface area contributed by atoms with Crippen LogP contribution in [0.5, 0.6) is 11.5 Å². The number of hydrogen-bond donors (Lipinski definition) is 2. The normalized spacial score (nSPS) is 12.5. The van der Waals surface area contributed by atoms with E-state index >= 15 is 0 Å². The lowest BCUT2D eigenvalue weighted by molar-refractivity contribution is -0.918. The zero-order chi connectivity index (χ0) is 17.8. The van der Waals surface area contributed by atoms with E-state index in [9.17, 15) is 4.79 Å². The molecule has 1 aromatic carbocycles. The van der Waals surface area contributed by atoms with Crippen LogP contribution in [0.15, 0.2) is 53.2 Å². The summed E-state index contributed by atoms with van der Waals surface area (Å²) in [5.41, 5.74) is 0.728. The molecule has 26 heavy (non-hydrogen) atoms. The first-order chi connectivity index (χ1) is 12.8. The number of nitrogens with one attached hydrogen (secondary N) is 2. The van der Waals surface area contributed by atoms with Gasteiger partial charge in [-0.15, -0.1) is 22.7 Å². The van der Waals surface area contributed by atoms with E-state index in [4.69, 9.17) is 9.47 Å². The van der Waals surface area contributed by atoms with E-state index in [1.165, 1.54) is 14.7 Å². The highest BCUT2D eigenvalue weighted by molar-refractivity contribution is 7.10. The molecule has 1 aliphatic heterocycles. The van der Waals surface area contributed by atoms with Crippen LogP contribution in [0, 0.1) is 0 Å². The molecule has 1 aliphatic rings. The highest BCUT2D eigenvalue weighted by Crippen LogP contribution is 2.34. The van der Waals surface area contributed by atoms with E-state index in [1.54, 1.807) is 28.7 Å². The molecule has 0 saturated heterocycles. The largest absolute Gasteiger partial charge is 0.454 e. The number of carbonyl (C=O) groups excluding carboxylic acids is 1. The van der Waals surface area contributed by atoms with Crippen LogP contribution >= 0.6 is 22.7 Å². The van der Waals surface area contributed by atoms with Gasteiger partial charge in [0.05, 0.1) is 9.75 Å². The minimum absolute atomic E-state index is 0.00743. The summed E-state index contributed by atoms with van der Waals surface area (Å²) < 4.78 is 10.7. The Kier molecular flexibility index (Phi) is 5.19. The SMILES string of the molecule is O=C(C[NH+](Cc1cccs1)Cc1cccs1)Nc1ccc2c(c1)OCO2. The Labute approximate surface area is 159 Å². The summed E-state index contributed by atoms with van der Waals surface area (Å²) in [6, 6.07) is 13.8. The maximum atomic E-state index is 12.6. The second-order valence-corrected chi connectivity index (χ2v) is 8.12. The molecule has 0 unspecified atom stereocenters.